The molecule has 1 amide bonds. The lowest BCUT2D eigenvalue weighted by atomic mass is 10.1. The van der Waals surface area contributed by atoms with E-state index in [1.54, 1.807) is 42.2 Å². The number of amides is 1. The summed E-state index contributed by atoms with van der Waals surface area (Å²) < 4.78 is 71.7. The van der Waals surface area contributed by atoms with Crippen LogP contribution in [-0.4, -0.2) is 58.7 Å². The summed E-state index contributed by atoms with van der Waals surface area (Å²) in [5, 5.41) is 0. The molecule has 1 fully saturated rings. The summed E-state index contributed by atoms with van der Waals surface area (Å²) in [6.07, 6.45) is -4.91. The predicted octanol–water partition coefficient (Wildman–Crippen LogP) is 3.15. The van der Waals surface area contributed by atoms with E-state index in [1.807, 2.05) is 0 Å². The molecule has 2 aromatic rings. The Bertz CT molecular complexity index is 1080. The molecule has 0 bridgehead atoms. The standard InChI is InChI=1S/C21H24F3N3O4S/c1-15-7-8-17(32(29,30)25-18-6-4-3-5-16(18)14-31-2)13-19(15)26-9-11-27(12-10-26)20(28)21(22,23)24/h3-8,13,25H,9-12,14H2,1-2H3. The molecule has 0 aromatic heterocycles. The van der Waals surface area contributed by atoms with Gasteiger partial charge in [-0.1, -0.05) is 24.3 Å². The lowest BCUT2D eigenvalue weighted by Gasteiger charge is -2.37. The Morgan fingerprint density at radius 3 is 2.38 bits per heavy atom. The molecule has 7 nitrogen and oxygen atoms in total. The van der Waals surface area contributed by atoms with Crippen molar-refractivity contribution < 1.29 is 31.1 Å². The number of rotatable bonds is 6. The van der Waals surface area contributed by atoms with Crippen LogP contribution in [0.3, 0.4) is 0 Å². The number of nitrogens with one attached hydrogen (secondary N) is 1. The molecular weight excluding hydrogens is 447 g/mol. The van der Waals surface area contributed by atoms with Gasteiger partial charge >= 0.3 is 12.1 Å². The van der Waals surface area contributed by atoms with Crippen LogP contribution in [0.15, 0.2) is 47.4 Å². The van der Waals surface area contributed by atoms with E-state index in [0.29, 0.717) is 16.9 Å². The molecule has 174 valence electrons. The van der Waals surface area contributed by atoms with E-state index in [1.165, 1.54) is 19.2 Å². The third-order valence-corrected chi connectivity index (χ3v) is 6.57. The Balaban J connectivity index is 1.80. The number of carbonyl (C=O) groups is 1. The van der Waals surface area contributed by atoms with E-state index in [4.69, 9.17) is 4.74 Å². The highest BCUT2D eigenvalue weighted by molar-refractivity contribution is 7.92. The third-order valence-electron chi connectivity index (χ3n) is 5.20. The van der Waals surface area contributed by atoms with E-state index in [2.05, 4.69) is 4.72 Å². The number of anilines is 2. The van der Waals surface area contributed by atoms with Gasteiger partial charge in [0.1, 0.15) is 0 Å². The van der Waals surface area contributed by atoms with Gasteiger partial charge in [0, 0.05) is 44.5 Å². The number of piperazine rings is 1. The number of para-hydroxylation sites is 1. The highest BCUT2D eigenvalue weighted by Gasteiger charge is 2.43. The molecule has 1 heterocycles. The second-order valence-electron chi connectivity index (χ2n) is 7.42. The average molecular weight is 472 g/mol. The molecule has 1 N–H and O–H groups in total. The maximum absolute atomic E-state index is 13.0. The van der Waals surface area contributed by atoms with Gasteiger partial charge in [-0.3, -0.25) is 9.52 Å². The largest absolute Gasteiger partial charge is 0.471 e. The zero-order valence-electron chi connectivity index (χ0n) is 17.6. The van der Waals surface area contributed by atoms with Crippen LogP contribution in [0.1, 0.15) is 11.1 Å². The summed E-state index contributed by atoms with van der Waals surface area (Å²) in [5.74, 6) is -1.86. The summed E-state index contributed by atoms with van der Waals surface area (Å²) >= 11 is 0. The molecule has 32 heavy (non-hydrogen) atoms. The quantitative estimate of drug-likeness (QED) is 0.700. The average Bonchev–Trinajstić information content (AvgIpc) is 2.74. The number of benzene rings is 2. The van der Waals surface area contributed by atoms with Gasteiger partial charge in [-0.2, -0.15) is 13.2 Å². The van der Waals surface area contributed by atoms with Gasteiger partial charge in [0.2, 0.25) is 0 Å². The number of methoxy groups -OCH3 is 1. The van der Waals surface area contributed by atoms with Gasteiger partial charge in [-0.15, -0.1) is 0 Å². The molecule has 1 aliphatic heterocycles. The summed E-state index contributed by atoms with van der Waals surface area (Å²) in [6.45, 7) is 2.15. The first-order valence-corrected chi connectivity index (χ1v) is 11.3. The van der Waals surface area contributed by atoms with Crippen molar-refractivity contribution in [1.82, 2.24) is 4.90 Å². The van der Waals surface area contributed by atoms with Crippen molar-refractivity contribution in [1.29, 1.82) is 0 Å². The zero-order valence-corrected chi connectivity index (χ0v) is 18.5. The Kier molecular flexibility index (Phi) is 6.99. The fourth-order valence-electron chi connectivity index (χ4n) is 3.53. The number of hydrogen-bond acceptors (Lipinski definition) is 5. The van der Waals surface area contributed by atoms with Crippen LogP contribution in [0.2, 0.25) is 0 Å². The van der Waals surface area contributed by atoms with Crippen molar-refractivity contribution in [2.75, 3.05) is 42.9 Å². The normalized spacial score (nSPS) is 15.0. The Hall–Kier alpha value is -2.79. The number of hydrogen-bond donors (Lipinski definition) is 1. The first kappa shape index (κ1) is 23.9. The van der Waals surface area contributed by atoms with E-state index in [9.17, 15) is 26.4 Å². The lowest BCUT2D eigenvalue weighted by molar-refractivity contribution is -0.185. The minimum Gasteiger partial charge on any atom is -0.380 e. The molecule has 0 unspecified atom stereocenters. The molecule has 0 saturated carbocycles. The molecular formula is C21H24F3N3O4S. The summed E-state index contributed by atoms with van der Waals surface area (Å²) in [5.41, 5.74) is 2.45. The van der Waals surface area contributed by atoms with Gasteiger partial charge in [0.05, 0.1) is 17.2 Å². The van der Waals surface area contributed by atoms with E-state index in [0.717, 1.165) is 10.5 Å². The Morgan fingerprint density at radius 2 is 1.75 bits per heavy atom. The van der Waals surface area contributed by atoms with E-state index >= 15 is 0 Å². The molecule has 0 spiro atoms. The molecule has 11 heteroatoms. The summed E-state index contributed by atoms with van der Waals surface area (Å²) in [6, 6.07) is 11.5. The van der Waals surface area contributed by atoms with Crippen molar-refractivity contribution in [3.8, 4) is 0 Å². The molecule has 0 aliphatic carbocycles. The predicted molar refractivity (Wildman–Crippen MR) is 114 cm³/mol. The van der Waals surface area contributed by atoms with Gasteiger partial charge in [-0.25, -0.2) is 8.42 Å². The van der Waals surface area contributed by atoms with Crippen LogP contribution in [0.4, 0.5) is 24.5 Å². The van der Waals surface area contributed by atoms with Crippen LogP contribution in [0, 0.1) is 6.92 Å². The topological polar surface area (TPSA) is 79.0 Å². The van der Waals surface area contributed by atoms with Crippen molar-refractivity contribution >= 4 is 27.3 Å². The van der Waals surface area contributed by atoms with Crippen molar-refractivity contribution in [3.05, 3.63) is 53.6 Å². The number of nitrogens with zero attached hydrogens (tertiary/aromatic N) is 2. The minimum absolute atomic E-state index is 0.0270. The van der Waals surface area contributed by atoms with E-state index < -0.39 is 22.1 Å². The fourth-order valence-corrected chi connectivity index (χ4v) is 4.65. The van der Waals surface area contributed by atoms with Gasteiger partial charge in [0.25, 0.3) is 10.0 Å². The highest BCUT2D eigenvalue weighted by Crippen LogP contribution is 2.28. The van der Waals surface area contributed by atoms with Crippen molar-refractivity contribution in [2.45, 2.75) is 24.6 Å². The minimum atomic E-state index is -4.91. The number of ether oxygens (including phenoxy) is 1. The van der Waals surface area contributed by atoms with Crippen molar-refractivity contribution in [3.63, 3.8) is 0 Å². The number of sulfonamides is 1. The molecule has 2 aromatic carbocycles. The zero-order chi connectivity index (χ0) is 23.5. The first-order valence-electron chi connectivity index (χ1n) is 9.84. The second kappa shape index (κ2) is 9.37. The second-order valence-corrected chi connectivity index (χ2v) is 9.10. The Morgan fingerprint density at radius 1 is 1.09 bits per heavy atom. The van der Waals surface area contributed by atoms with Gasteiger partial charge in [-0.05, 0) is 30.7 Å². The molecule has 1 aliphatic rings. The molecule has 1 saturated heterocycles. The third kappa shape index (κ3) is 5.33. The molecule has 0 atom stereocenters. The summed E-state index contributed by atoms with van der Waals surface area (Å²) in [7, 11) is -2.41. The van der Waals surface area contributed by atoms with Crippen LogP contribution in [-0.2, 0) is 26.2 Å². The van der Waals surface area contributed by atoms with Gasteiger partial charge in [0.15, 0.2) is 0 Å². The summed E-state index contributed by atoms with van der Waals surface area (Å²) in [4.78, 5) is 14.0. The lowest BCUT2D eigenvalue weighted by Crippen LogP contribution is -2.52. The SMILES string of the molecule is COCc1ccccc1NS(=O)(=O)c1ccc(C)c(N2CCN(C(=O)C(F)(F)F)CC2)c1. The number of halogens is 3. The maximum atomic E-state index is 13.0. The monoisotopic (exact) mass is 471 g/mol. The number of aryl methyl sites for hydroxylation is 1. The van der Waals surface area contributed by atoms with Crippen molar-refractivity contribution in [2.24, 2.45) is 0 Å². The number of alkyl halides is 3. The van der Waals surface area contributed by atoms with Gasteiger partial charge < -0.3 is 14.5 Å². The number of carbonyl (C=O) groups excluding carboxylic acids is 1. The molecule has 0 radical (unpaired) electrons. The van der Waals surface area contributed by atoms with Crippen LogP contribution >= 0.6 is 0 Å². The highest BCUT2D eigenvalue weighted by atomic mass is 32.2. The fraction of sp³-hybridized carbons (Fsp3) is 0.381. The Labute approximate surface area is 184 Å². The molecule has 3 rings (SSSR count). The maximum Gasteiger partial charge on any atom is 0.471 e. The van der Waals surface area contributed by atoms with Crippen LogP contribution in [0.5, 0.6) is 0 Å². The van der Waals surface area contributed by atoms with E-state index in [-0.39, 0.29) is 37.7 Å². The van der Waals surface area contributed by atoms with Crippen LogP contribution < -0.4 is 9.62 Å². The first-order chi connectivity index (χ1) is 15.0. The van der Waals surface area contributed by atoms with Crippen LogP contribution in [0.25, 0.3) is 0 Å². The smallest absolute Gasteiger partial charge is 0.380 e.